The number of hydrogen-bond donors (Lipinski definition) is 0. The zero-order valence-corrected chi connectivity index (χ0v) is 22.1. The van der Waals surface area contributed by atoms with Crippen LogP contribution in [0.25, 0.3) is 16.7 Å². The maximum atomic E-state index is 13.6. The molecule has 2 aromatic carbocycles. The molecule has 192 valence electrons. The Balaban J connectivity index is 1.46. The number of fused-ring (bicyclic) bond motifs is 1. The number of aromatic nitrogens is 4. The van der Waals surface area contributed by atoms with Gasteiger partial charge in [0.25, 0.3) is 0 Å². The highest BCUT2D eigenvalue weighted by atomic mass is 16.2. The molecule has 0 radical (unpaired) electrons. The molecule has 1 aliphatic rings. The van der Waals surface area contributed by atoms with E-state index in [4.69, 9.17) is 15.1 Å². The summed E-state index contributed by atoms with van der Waals surface area (Å²) in [5.41, 5.74) is 3.86. The normalized spacial score (nSPS) is 15.1. The van der Waals surface area contributed by atoms with E-state index in [1.807, 2.05) is 52.9 Å². The van der Waals surface area contributed by atoms with E-state index in [1.54, 1.807) is 0 Å². The van der Waals surface area contributed by atoms with E-state index in [-0.39, 0.29) is 11.8 Å². The standard InChI is InChI=1S/C30H36N6O/c1-4-13-26-31-28(27-22(3)33-36(29(27)32-26)24-16-10-7-11-17-24)34-18-12-19-35(21-20-34)30(37)25(5-2)23-14-8-6-9-15-23/h6-11,14-17,25H,4-5,12-13,18-21H2,1-3H3/t25-/m1/s1. The second kappa shape index (κ2) is 11.1. The SMILES string of the molecule is CCCc1nc(N2CCCN(C(=O)[C@H](CC)c3ccccc3)CC2)c2c(C)nn(-c3ccccc3)c2n1. The van der Waals surface area contributed by atoms with Gasteiger partial charge in [0.2, 0.25) is 5.91 Å². The maximum absolute atomic E-state index is 13.6. The number of anilines is 1. The van der Waals surface area contributed by atoms with Crippen LogP contribution in [0, 0.1) is 6.92 Å². The molecule has 3 heterocycles. The molecule has 0 aliphatic carbocycles. The van der Waals surface area contributed by atoms with E-state index in [0.717, 1.165) is 84.9 Å². The number of aryl methyl sites for hydroxylation is 2. The smallest absolute Gasteiger partial charge is 0.230 e. The van der Waals surface area contributed by atoms with Crippen molar-refractivity contribution in [3.63, 3.8) is 0 Å². The van der Waals surface area contributed by atoms with Crippen molar-refractivity contribution in [3.8, 4) is 5.69 Å². The van der Waals surface area contributed by atoms with Crippen molar-refractivity contribution < 1.29 is 4.79 Å². The maximum Gasteiger partial charge on any atom is 0.230 e. The second-order valence-electron chi connectivity index (χ2n) is 9.78. The van der Waals surface area contributed by atoms with Gasteiger partial charge >= 0.3 is 0 Å². The number of hydrogen-bond acceptors (Lipinski definition) is 5. The number of carbonyl (C=O) groups excluding carboxylic acids is 1. The van der Waals surface area contributed by atoms with Crippen molar-refractivity contribution >= 4 is 22.8 Å². The minimum absolute atomic E-state index is 0.0963. The van der Waals surface area contributed by atoms with Crippen LogP contribution in [0.1, 0.15) is 56.1 Å². The number of amides is 1. The molecule has 37 heavy (non-hydrogen) atoms. The average molecular weight is 497 g/mol. The highest BCUT2D eigenvalue weighted by Gasteiger charge is 2.28. The van der Waals surface area contributed by atoms with Gasteiger partial charge in [-0.1, -0.05) is 62.4 Å². The lowest BCUT2D eigenvalue weighted by atomic mass is 9.95. The second-order valence-corrected chi connectivity index (χ2v) is 9.78. The van der Waals surface area contributed by atoms with Crippen molar-refractivity contribution in [2.45, 2.75) is 52.4 Å². The summed E-state index contributed by atoms with van der Waals surface area (Å²) >= 11 is 0. The molecule has 7 heteroatoms. The van der Waals surface area contributed by atoms with Gasteiger partial charge in [0.05, 0.1) is 22.7 Å². The van der Waals surface area contributed by atoms with Crippen LogP contribution < -0.4 is 4.90 Å². The van der Waals surface area contributed by atoms with E-state index in [1.165, 1.54) is 0 Å². The van der Waals surface area contributed by atoms with Crippen molar-refractivity contribution in [2.24, 2.45) is 0 Å². The zero-order valence-electron chi connectivity index (χ0n) is 22.1. The Hall–Kier alpha value is -3.74. The molecular formula is C30H36N6O. The van der Waals surface area contributed by atoms with Crippen LogP contribution >= 0.6 is 0 Å². The van der Waals surface area contributed by atoms with E-state index in [9.17, 15) is 4.79 Å². The van der Waals surface area contributed by atoms with Gasteiger partial charge in [0.15, 0.2) is 5.65 Å². The molecule has 0 saturated carbocycles. The van der Waals surface area contributed by atoms with E-state index < -0.39 is 0 Å². The first-order valence-corrected chi connectivity index (χ1v) is 13.5. The lowest BCUT2D eigenvalue weighted by Gasteiger charge is -2.26. The molecule has 2 aromatic heterocycles. The minimum atomic E-state index is -0.0963. The minimum Gasteiger partial charge on any atom is -0.354 e. The first-order valence-electron chi connectivity index (χ1n) is 13.5. The first kappa shape index (κ1) is 24.9. The number of para-hydroxylation sites is 1. The third kappa shape index (κ3) is 5.08. The molecule has 4 aromatic rings. The molecule has 1 aliphatic heterocycles. The highest BCUT2D eigenvalue weighted by Crippen LogP contribution is 2.30. The molecule has 1 atom stereocenters. The fourth-order valence-corrected chi connectivity index (χ4v) is 5.33. The summed E-state index contributed by atoms with van der Waals surface area (Å²) in [6.45, 7) is 9.32. The summed E-state index contributed by atoms with van der Waals surface area (Å²) in [5.74, 6) is 1.91. The lowest BCUT2D eigenvalue weighted by molar-refractivity contribution is -0.132. The monoisotopic (exact) mass is 496 g/mol. The van der Waals surface area contributed by atoms with Crippen molar-refractivity contribution in [1.82, 2.24) is 24.6 Å². The highest BCUT2D eigenvalue weighted by molar-refractivity contribution is 5.91. The third-order valence-electron chi connectivity index (χ3n) is 7.22. The molecule has 0 N–H and O–H groups in total. The van der Waals surface area contributed by atoms with Crippen LogP contribution in [0.5, 0.6) is 0 Å². The lowest BCUT2D eigenvalue weighted by Crippen LogP contribution is -2.38. The van der Waals surface area contributed by atoms with Crippen molar-refractivity contribution in [2.75, 3.05) is 31.1 Å². The summed E-state index contributed by atoms with van der Waals surface area (Å²) in [5, 5.41) is 5.87. The Morgan fingerprint density at radius 2 is 1.65 bits per heavy atom. The van der Waals surface area contributed by atoms with Gasteiger partial charge in [0, 0.05) is 32.6 Å². The topological polar surface area (TPSA) is 67.2 Å². The summed E-state index contributed by atoms with van der Waals surface area (Å²) in [6.07, 6.45) is 3.49. The number of nitrogens with zero attached hydrogens (tertiary/aromatic N) is 6. The van der Waals surface area contributed by atoms with Gasteiger partial charge in [0.1, 0.15) is 11.6 Å². The Kier molecular flexibility index (Phi) is 7.49. The number of rotatable bonds is 7. The predicted molar refractivity (Wildman–Crippen MR) is 148 cm³/mol. The quantitative estimate of drug-likeness (QED) is 0.347. The van der Waals surface area contributed by atoms with Gasteiger partial charge in [-0.05, 0) is 43.9 Å². The molecule has 7 nitrogen and oxygen atoms in total. The summed E-state index contributed by atoms with van der Waals surface area (Å²) in [7, 11) is 0. The summed E-state index contributed by atoms with van der Waals surface area (Å²) < 4.78 is 1.94. The van der Waals surface area contributed by atoms with Gasteiger partial charge in [-0.2, -0.15) is 5.10 Å². The fraction of sp³-hybridized carbons (Fsp3) is 0.400. The van der Waals surface area contributed by atoms with Crippen molar-refractivity contribution in [1.29, 1.82) is 0 Å². The Labute approximate surface area is 219 Å². The Morgan fingerprint density at radius 3 is 2.35 bits per heavy atom. The molecule has 1 saturated heterocycles. The molecule has 1 amide bonds. The molecular weight excluding hydrogens is 460 g/mol. The fourth-order valence-electron chi connectivity index (χ4n) is 5.33. The molecule has 0 bridgehead atoms. The average Bonchev–Trinajstić information content (AvgIpc) is 3.09. The molecule has 0 unspecified atom stereocenters. The van der Waals surface area contributed by atoms with Gasteiger partial charge in [-0.3, -0.25) is 4.79 Å². The van der Waals surface area contributed by atoms with Crippen LogP contribution in [0.15, 0.2) is 60.7 Å². The Bertz CT molecular complexity index is 1350. The third-order valence-corrected chi connectivity index (χ3v) is 7.22. The van der Waals surface area contributed by atoms with Crippen LogP contribution in [-0.2, 0) is 11.2 Å². The largest absolute Gasteiger partial charge is 0.354 e. The van der Waals surface area contributed by atoms with Gasteiger partial charge in [-0.15, -0.1) is 0 Å². The predicted octanol–water partition coefficient (Wildman–Crippen LogP) is 5.31. The summed E-state index contributed by atoms with van der Waals surface area (Å²) in [6, 6.07) is 20.3. The Morgan fingerprint density at radius 1 is 0.919 bits per heavy atom. The van der Waals surface area contributed by atoms with Crippen LogP contribution in [-0.4, -0.2) is 56.7 Å². The molecule has 5 rings (SSSR count). The van der Waals surface area contributed by atoms with Gasteiger partial charge < -0.3 is 9.80 Å². The van der Waals surface area contributed by atoms with Crippen molar-refractivity contribution in [3.05, 3.63) is 77.7 Å². The number of carbonyl (C=O) groups is 1. The summed E-state index contributed by atoms with van der Waals surface area (Å²) in [4.78, 5) is 27.9. The van der Waals surface area contributed by atoms with Gasteiger partial charge in [-0.25, -0.2) is 14.6 Å². The zero-order chi connectivity index (χ0) is 25.8. The van der Waals surface area contributed by atoms with E-state index in [0.29, 0.717) is 6.54 Å². The van der Waals surface area contributed by atoms with Crippen LogP contribution in [0.3, 0.4) is 0 Å². The van der Waals surface area contributed by atoms with E-state index >= 15 is 0 Å². The first-order chi connectivity index (χ1) is 18.1. The number of benzene rings is 2. The van der Waals surface area contributed by atoms with Crippen LogP contribution in [0.4, 0.5) is 5.82 Å². The van der Waals surface area contributed by atoms with Crippen LogP contribution in [0.2, 0.25) is 0 Å². The molecule has 1 fully saturated rings. The molecule has 0 spiro atoms. The van der Waals surface area contributed by atoms with E-state index in [2.05, 4.69) is 43.0 Å².